The fraction of sp³-hybridized carbons (Fsp3) is 0.526. The molecule has 1 aliphatic rings. The molecule has 1 aromatic carbocycles. The summed E-state index contributed by atoms with van der Waals surface area (Å²) in [6, 6.07) is 2.82. The minimum atomic E-state index is -4.52. The first-order chi connectivity index (χ1) is 12.3. The highest BCUT2D eigenvalue weighted by Crippen LogP contribution is 2.32. The van der Waals surface area contributed by atoms with Gasteiger partial charge in [-0.15, -0.1) is 0 Å². The smallest absolute Gasteiger partial charge is 0.310 e. The lowest BCUT2D eigenvalue weighted by Crippen LogP contribution is -2.22. The van der Waals surface area contributed by atoms with E-state index < -0.39 is 17.6 Å². The Morgan fingerprint density at radius 3 is 2.73 bits per heavy atom. The first-order valence-electron chi connectivity index (χ1n) is 8.96. The second-order valence-corrected chi connectivity index (χ2v) is 6.71. The van der Waals surface area contributed by atoms with Crippen LogP contribution in [0.1, 0.15) is 53.9 Å². The number of halogens is 4. The minimum absolute atomic E-state index is 0.0366. The monoisotopic (exact) mass is 369 g/mol. The van der Waals surface area contributed by atoms with Crippen molar-refractivity contribution in [1.29, 1.82) is 0 Å². The predicted molar refractivity (Wildman–Crippen MR) is 91.4 cm³/mol. The summed E-state index contributed by atoms with van der Waals surface area (Å²) < 4.78 is 54.2. The summed E-state index contributed by atoms with van der Waals surface area (Å²) in [6.45, 7) is 5.69. The maximum absolute atomic E-state index is 14.1. The van der Waals surface area contributed by atoms with Crippen molar-refractivity contribution in [3.8, 4) is 0 Å². The zero-order valence-electron chi connectivity index (χ0n) is 15.0. The molecule has 3 rings (SSSR count). The van der Waals surface area contributed by atoms with Gasteiger partial charge < -0.3 is 5.32 Å². The molecule has 2 heterocycles. The minimum Gasteiger partial charge on any atom is -0.310 e. The molecule has 0 saturated carbocycles. The van der Waals surface area contributed by atoms with Gasteiger partial charge in [-0.3, -0.25) is 4.68 Å². The van der Waals surface area contributed by atoms with Crippen LogP contribution in [-0.4, -0.2) is 16.3 Å². The number of fused-ring (bicyclic) bond motifs is 1. The average Bonchev–Trinajstić information content (AvgIpc) is 2.76. The number of aryl methyl sites for hydroxylation is 3. The molecule has 0 fully saturated rings. The summed E-state index contributed by atoms with van der Waals surface area (Å²) in [5, 5.41) is 8.08. The van der Waals surface area contributed by atoms with Gasteiger partial charge >= 0.3 is 6.18 Å². The highest BCUT2D eigenvalue weighted by molar-refractivity contribution is 5.32. The van der Waals surface area contributed by atoms with E-state index >= 15 is 0 Å². The standard InChI is InChI=1S/C19H23F4N3/c1-3-26-17-5-4-10-24-16(18(17)12(2)25-26)9-7-13-6-8-14(11-15(13)20)19(21,22)23/h6,8,11,16,24H,3-5,7,9-10H2,1-2H3. The van der Waals surface area contributed by atoms with E-state index in [0.29, 0.717) is 24.5 Å². The largest absolute Gasteiger partial charge is 0.416 e. The number of benzene rings is 1. The van der Waals surface area contributed by atoms with E-state index in [1.165, 1.54) is 11.8 Å². The second-order valence-electron chi connectivity index (χ2n) is 6.71. The summed E-state index contributed by atoms with van der Waals surface area (Å²) >= 11 is 0. The van der Waals surface area contributed by atoms with E-state index in [9.17, 15) is 17.6 Å². The second kappa shape index (κ2) is 7.39. The van der Waals surface area contributed by atoms with Crippen molar-refractivity contribution < 1.29 is 17.6 Å². The Morgan fingerprint density at radius 1 is 1.31 bits per heavy atom. The van der Waals surface area contributed by atoms with Gasteiger partial charge in [-0.25, -0.2) is 4.39 Å². The molecule has 26 heavy (non-hydrogen) atoms. The molecule has 0 spiro atoms. The normalized spacial score (nSPS) is 17.8. The molecule has 1 atom stereocenters. The molecule has 1 unspecified atom stereocenters. The molecule has 1 N–H and O–H groups in total. The third-order valence-corrected chi connectivity index (χ3v) is 4.99. The SMILES string of the molecule is CCn1nc(C)c2c1CCCNC2CCc1ccc(C(F)(F)F)cc1F. The zero-order valence-corrected chi connectivity index (χ0v) is 15.0. The van der Waals surface area contributed by atoms with Crippen LogP contribution in [0.4, 0.5) is 17.6 Å². The Hall–Kier alpha value is -1.89. The van der Waals surface area contributed by atoms with Crippen molar-refractivity contribution in [3.63, 3.8) is 0 Å². The summed E-state index contributed by atoms with van der Waals surface area (Å²) in [5.74, 6) is -0.797. The van der Waals surface area contributed by atoms with Gasteiger partial charge in [0.15, 0.2) is 0 Å². The van der Waals surface area contributed by atoms with Crippen LogP contribution in [0.2, 0.25) is 0 Å². The van der Waals surface area contributed by atoms with Crippen LogP contribution >= 0.6 is 0 Å². The number of hydrogen-bond donors (Lipinski definition) is 1. The van der Waals surface area contributed by atoms with Crippen molar-refractivity contribution in [1.82, 2.24) is 15.1 Å². The maximum atomic E-state index is 14.1. The lowest BCUT2D eigenvalue weighted by molar-refractivity contribution is -0.137. The third-order valence-electron chi connectivity index (χ3n) is 4.99. The van der Waals surface area contributed by atoms with Crippen LogP contribution in [-0.2, 0) is 25.6 Å². The summed E-state index contributed by atoms with van der Waals surface area (Å²) in [4.78, 5) is 0. The highest BCUT2D eigenvalue weighted by Gasteiger charge is 2.31. The summed E-state index contributed by atoms with van der Waals surface area (Å²) in [6.07, 6.45) is -1.59. The third kappa shape index (κ3) is 3.77. The summed E-state index contributed by atoms with van der Waals surface area (Å²) in [5.41, 5.74) is 2.71. The van der Waals surface area contributed by atoms with Gasteiger partial charge in [-0.1, -0.05) is 6.07 Å². The zero-order chi connectivity index (χ0) is 18.9. The number of rotatable bonds is 4. The molecule has 0 amide bonds. The molecule has 2 aromatic rings. The molecule has 1 aromatic heterocycles. The quantitative estimate of drug-likeness (QED) is 0.800. The Labute approximate surface area is 150 Å². The summed E-state index contributed by atoms with van der Waals surface area (Å²) in [7, 11) is 0. The number of nitrogens with one attached hydrogen (secondary N) is 1. The van der Waals surface area contributed by atoms with E-state index in [4.69, 9.17) is 0 Å². The molecule has 1 aliphatic heterocycles. The number of hydrogen-bond acceptors (Lipinski definition) is 2. The Kier molecular flexibility index (Phi) is 5.37. The first kappa shape index (κ1) is 18.9. The van der Waals surface area contributed by atoms with E-state index in [1.54, 1.807) is 0 Å². The molecule has 3 nitrogen and oxygen atoms in total. The van der Waals surface area contributed by atoms with Crippen LogP contribution in [0, 0.1) is 12.7 Å². The van der Waals surface area contributed by atoms with Gasteiger partial charge in [0.2, 0.25) is 0 Å². The van der Waals surface area contributed by atoms with Crippen molar-refractivity contribution in [3.05, 3.63) is 52.1 Å². The molecular formula is C19H23F4N3. The van der Waals surface area contributed by atoms with Crippen molar-refractivity contribution >= 4 is 0 Å². The van der Waals surface area contributed by atoms with E-state index in [0.717, 1.165) is 43.3 Å². The number of alkyl halides is 3. The predicted octanol–water partition coefficient (Wildman–Crippen LogP) is 4.58. The van der Waals surface area contributed by atoms with E-state index in [-0.39, 0.29) is 6.04 Å². The fourth-order valence-electron chi connectivity index (χ4n) is 3.73. The maximum Gasteiger partial charge on any atom is 0.416 e. The van der Waals surface area contributed by atoms with Crippen LogP contribution in [0.3, 0.4) is 0 Å². The fourth-order valence-corrected chi connectivity index (χ4v) is 3.73. The van der Waals surface area contributed by atoms with Gasteiger partial charge in [0.25, 0.3) is 0 Å². The molecule has 0 bridgehead atoms. The Bertz CT molecular complexity index is 780. The van der Waals surface area contributed by atoms with Crippen molar-refractivity contribution in [2.45, 2.75) is 58.3 Å². The molecule has 7 heteroatoms. The van der Waals surface area contributed by atoms with Crippen molar-refractivity contribution in [2.75, 3.05) is 6.54 Å². The van der Waals surface area contributed by atoms with Crippen LogP contribution in [0.5, 0.6) is 0 Å². The van der Waals surface area contributed by atoms with Crippen LogP contribution < -0.4 is 5.32 Å². The number of aromatic nitrogens is 2. The van der Waals surface area contributed by atoms with Gasteiger partial charge in [0.05, 0.1) is 11.3 Å². The van der Waals surface area contributed by atoms with Gasteiger partial charge in [-0.05, 0) is 63.8 Å². The molecular weight excluding hydrogens is 346 g/mol. The van der Waals surface area contributed by atoms with Gasteiger partial charge in [0, 0.05) is 23.8 Å². The van der Waals surface area contributed by atoms with Crippen LogP contribution in [0.15, 0.2) is 18.2 Å². The highest BCUT2D eigenvalue weighted by atomic mass is 19.4. The van der Waals surface area contributed by atoms with Crippen molar-refractivity contribution in [2.24, 2.45) is 0 Å². The molecule has 0 aliphatic carbocycles. The first-order valence-corrected chi connectivity index (χ1v) is 8.96. The Balaban J connectivity index is 1.79. The average molecular weight is 369 g/mol. The molecule has 0 saturated heterocycles. The number of nitrogens with zero attached hydrogens (tertiary/aromatic N) is 2. The molecule has 0 radical (unpaired) electrons. The topological polar surface area (TPSA) is 29.9 Å². The van der Waals surface area contributed by atoms with Gasteiger partial charge in [0.1, 0.15) is 5.82 Å². The van der Waals surface area contributed by atoms with Crippen LogP contribution in [0.25, 0.3) is 0 Å². The lowest BCUT2D eigenvalue weighted by atomic mass is 9.96. The Morgan fingerprint density at radius 2 is 2.08 bits per heavy atom. The van der Waals surface area contributed by atoms with Gasteiger partial charge in [-0.2, -0.15) is 18.3 Å². The van der Waals surface area contributed by atoms with E-state index in [2.05, 4.69) is 17.3 Å². The van der Waals surface area contributed by atoms with E-state index in [1.807, 2.05) is 11.6 Å². The lowest BCUT2D eigenvalue weighted by Gasteiger charge is -2.18. The molecule has 142 valence electrons.